The van der Waals surface area contributed by atoms with Crippen LogP contribution in [-0.2, 0) is 0 Å². The fourth-order valence-corrected chi connectivity index (χ4v) is 2.66. The second-order valence-corrected chi connectivity index (χ2v) is 4.62. The molecule has 0 aromatic carbocycles. The monoisotopic (exact) mass is 224 g/mol. The highest BCUT2D eigenvalue weighted by Crippen LogP contribution is 2.32. The fourth-order valence-electron chi connectivity index (χ4n) is 2.49. The van der Waals surface area contributed by atoms with Crippen LogP contribution < -0.4 is 4.90 Å². The Kier molecular flexibility index (Phi) is 3.15. The molecule has 2 atom stereocenters. The lowest BCUT2D eigenvalue weighted by molar-refractivity contribution is 0.628. The molecule has 0 radical (unpaired) electrons. The van der Waals surface area contributed by atoms with Crippen molar-refractivity contribution in [1.82, 2.24) is 4.98 Å². The third-order valence-electron chi connectivity index (χ3n) is 3.27. The van der Waals surface area contributed by atoms with E-state index in [-0.39, 0.29) is 0 Å². The molecule has 1 aromatic rings. The zero-order valence-corrected chi connectivity index (χ0v) is 10.0. The molecule has 0 amide bonds. The van der Waals surface area contributed by atoms with Gasteiger partial charge in [-0.05, 0) is 38.3 Å². The van der Waals surface area contributed by atoms with E-state index in [0.717, 1.165) is 0 Å². The van der Waals surface area contributed by atoms with Crippen molar-refractivity contribution in [1.29, 1.82) is 0 Å². The minimum atomic E-state index is 0.585. The first kappa shape index (κ1) is 10.7. The Hall–Kier alpha value is -0.760. The molecule has 2 unspecified atom stereocenters. The van der Waals surface area contributed by atoms with Crippen molar-refractivity contribution in [3.8, 4) is 0 Å². The predicted molar refractivity (Wildman–Crippen MR) is 64.5 cm³/mol. The summed E-state index contributed by atoms with van der Waals surface area (Å²) in [5.41, 5.74) is 1.21. The average Bonchev–Trinajstić information content (AvgIpc) is 2.59. The van der Waals surface area contributed by atoms with Crippen molar-refractivity contribution in [2.45, 2.75) is 45.2 Å². The first-order valence-corrected chi connectivity index (χ1v) is 6.00. The van der Waals surface area contributed by atoms with Crippen molar-refractivity contribution in [3.05, 3.63) is 23.5 Å². The number of pyridine rings is 1. The number of hydrogen-bond acceptors (Lipinski definition) is 2. The van der Waals surface area contributed by atoms with Crippen molar-refractivity contribution in [2.24, 2.45) is 0 Å². The van der Waals surface area contributed by atoms with Gasteiger partial charge in [0.1, 0.15) is 5.15 Å². The van der Waals surface area contributed by atoms with Crippen LogP contribution in [0.25, 0.3) is 0 Å². The summed E-state index contributed by atoms with van der Waals surface area (Å²) < 4.78 is 0. The highest BCUT2D eigenvalue weighted by atomic mass is 35.5. The second-order valence-electron chi connectivity index (χ2n) is 4.23. The summed E-state index contributed by atoms with van der Waals surface area (Å²) in [6.45, 7) is 4.53. The lowest BCUT2D eigenvalue weighted by Crippen LogP contribution is -2.34. The summed E-state index contributed by atoms with van der Waals surface area (Å²) in [5.74, 6) is 0. The molecular formula is C12H17ClN2. The van der Waals surface area contributed by atoms with E-state index in [4.69, 9.17) is 11.6 Å². The zero-order valence-electron chi connectivity index (χ0n) is 9.28. The molecule has 2 rings (SSSR count). The molecule has 1 fully saturated rings. The van der Waals surface area contributed by atoms with E-state index in [9.17, 15) is 0 Å². The van der Waals surface area contributed by atoms with E-state index in [1.54, 1.807) is 6.20 Å². The molecule has 0 N–H and O–H groups in total. The molecular weight excluding hydrogens is 208 g/mol. The van der Waals surface area contributed by atoms with Gasteiger partial charge in [0.25, 0.3) is 0 Å². The largest absolute Gasteiger partial charge is 0.366 e. The highest BCUT2D eigenvalue weighted by Gasteiger charge is 2.29. The quantitative estimate of drug-likeness (QED) is 0.715. The molecule has 0 saturated carbocycles. The van der Waals surface area contributed by atoms with Crippen LogP contribution in [0, 0.1) is 0 Å². The van der Waals surface area contributed by atoms with Gasteiger partial charge in [0.15, 0.2) is 0 Å². The van der Waals surface area contributed by atoms with Crippen LogP contribution in [-0.4, -0.2) is 17.1 Å². The van der Waals surface area contributed by atoms with Gasteiger partial charge >= 0.3 is 0 Å². The van der Waals surface area contributed by atoms with Crippen molar-refractivity contribution in [2.75, 3.05) is 4.90 Å². The molecule has 1 aliphatic rings. The maximum atomic E-state index is 5.92. The van der Waals surface area contributed by atoms with E-state index in [0.29, 0.717) is 17.2 Å². The number of halogens is 1. The van der Waals surface area contributed by atoms with Crippen LogP contribution in [0.5, 0.6) is 0 Å². The predicted octanol–water partition coefficient (Wildman–Crippen LogP) is 3.50. The topological polar surface area (TPSA) is 16.1 Å². The Morgan fingerprint density at radius 2 is 2.33 bits per heavy atom. The maximum absolute atomic E-state index is 5.92. The maximum Gasteiger partial charge on any atom is 0.131 e. The van der Waals surface area contributed by atoms with Gasteiger partial charge in [0, 0.05) is 24.0 Å². The smallest absolute Gasteiger partial charge is 0.131 e. The van der Waals surface area contributed by atoms with Crippen LogP contribution in [0.3, 0.4) is 0 Å². The van der Waals surface area contributed by atoms with E-state index in [1.165, 1.54) is 24.9 Å². The lowest BCUT2D eigenvalue weighted by Gasteiger charge is -2.30. The van der Waals surface area contributed by atoms with Gasteiger partial charge in [0.05, 0.1) is 0 Å². The van der Waals surface area contributed by atoms with Crippen molar-refractivity contribution >= 4 is 17.3 Å². The van der Waals surface area contributed by atoms with Gasteiger partial charge in [-0.2, -0.15) is 0 Å². The summed E-state index contributed by atoms with van der Waals surface area (Å²) in [7, 11) is 0. The van der Waals surface area contributed by atoms with Gasteiger partial charge in [-0.15, -0.1) is 0 Å². The Balaban J connectivity index is 2.28. The van der Waals surface area contributed by atoms with Crippen LogP contribution in [0.1, 0.15) is 33.1 Å². The van der Waals surface area contributed by atoms with Gasteiger partial charge in [0.2, 0.25) is 0 Å². The minimum Gasteiger partial charge on any atom is -0.366 e. The number of nitrogens with zero attached hydrogens (tertiary/aromatic N) is 2. The van der Waals surface area contributed by atoms with Crippen molar-refractivity contribution in [3.63, 3.8) is 0 Å². The molecule has 0 spiro atoms. The Morgan fingerprint density at radius 1 is 1.53 bits per heavy atom. The van der Waals surface area contributed by atoms with Gasteiger partial charge < -0.3 is 4.90 Å². The third kappa shape index (κ3) is 2.10. The lowest BCUT2D eigenvalue weighted by atomic mass is 10.1. The summed E-state index contributed by atoms with van der Waals surface area (Å²) in [6.07, 6.45) is 5.55. The van der Waals surface area contributed by atoms with E-state index >= 15 is 0 Å². The van der Waals surface area contributed by atoms with Crippen LogP contribution >= 0.6 is 11.6 Å². The fraction of sp³-hybridized carbons (Fsp3) is 0.583. The standard InChI is InChI=1S/C12H17ClN2/c1-3-10-5-4-9(2)15(10)11-6-7-14-12(13)8-11/h6-10H,3-5H2,1-2H3. The summed E-state index contributed by atoms with van der Waals surface area (Å²) in [6, 6.07) is 5.30. The number of hydrogen-bond donors (Lipinski definition) is 0. The first-order chi connectivity index (χ1) is 7.22. The van der Waals surface area contributed by atoms with Crippen LogP contribution in [0.15, 0.2) is 18.3 Å². The number of aromatic nitrogens is 1. The van der Waals surface area contributed by atoms with Crippen molar-refractivity contribution < 1.29 is 0 Å². The molecule has 2 heterocycles. The number of anilines is 1. The molecule has 0 aliphatic carbocycles. The zero-order chi connectivity index (χ0) is 10.8. The Labute approximate surface area is 96.3 Å². The molecule has 0 bridgehead atoms. The molecule has 1 aromatic heterocycles. The average molecular weight is 225 g/mol. The van der Waals surface area contributed by atoms with Gasteiger partial charge in [-0.1, -0.05) is 18.5 Å². The van der Waals surface area contributed by atoms with Gasteiger partial charge in [-0.25, -0.2) is 4.98 Å². The van der Waals surface area contributed by atoms with Crippen LogP contribution in [0.4, 0.5) is 5.69 Å². The summed E-state index contributed by atoms with van der Waals surface area (Å²) >= 11 is 5.92. The van der Waals surface area contributed by atoms with Crippen LogP contribution in [0.2, 0.25) is 5.15 Å². The van der Waals surface area contributed by atoms with E-state index < -0.39 is 0 Å². The van der Waals surface area contributed by atoms with E-state index in [2.05, 4.69) is 29.8 Å². The molecule has 2 nitrogen and oxygen atoms in total. The van der Waals surface area contributed by atoms with Gasteiger partial charge in [-0.3, -0.25) is 0 Å². The molecule has 1 saturated heterocycles. The Morgan fingerprint density at radius 3 is 3.00 bits per heavy atom. The third-order valence-corrected chi connectivity index (χ3v) is 3.47. The molecule has 82 valence electrons. The minimum absolute atomic E-state index is 0.585. The first-order valence-electron chi connectivity index (χ1n) is 5.62. The Bertz CT molecular complexity index is 340. The summed E-state index contributed by atoms with van der Waals surface area (Å²) in [5, 5.41) is 0.585. The molecule has 3 heteroatoms. The second kappa shape index (κ2) is 4.40. The molecule has 15 heavy (non-hydrogen) atoms. The highest BCUT2D eigenvalue weighted by molar-refractivity contribution is 6.29. The van der Waals surface area contributed by atoms with E-state index in [1.807, 2.05) is 6.07 Å². The number of rotatable bonds is 2. The summed E-state index contributed by atoms with van der Waals surface area (Å²) in [4.78, 5) is 6.51. The normalized spacial score (nSPS) is 25.9. The SMILES string of the molecule is CCC1CCC(C)N1c1ccnc(Cl)c1. The molecule has 1 aliphatic heterocycles.